The van der Waals surface area contributed by atoms with E-state index < -0.39 is 5.37 Å². The van der Waals surface area contributed by atoms with E-state index in [9.17, 15) is 9.59 Å². The highest BCUT2D eigenvalue weighted by Crippen LogP contribution is 2.29. The molecule has 1 aliphatic rings. The molecule has 0 aliphatic carbocycles. The Morgan fingerprint density at radius 1 is 1.28 bits per heavy atom. The van der Waals surface area contributed by atoms with Gasteiger partial charge in [0.15, 0.2) is 0 Å². The fourth-order valence-electron chi connectivity index (χ4n) is 2.01. The molecule has 0 spiro atoms. The molecule has 1 unspecified atom stereocenters. The van der Waals surface area contributed by atoms with Gasteiger partial charge in [-0.25, -0.2) is 0 Å². The van der Waals surface area contributed by atoms with Gasteiger partial charge in [-0.05, 0) is 17.2 Å². The summed E-state index contributed by atoms with van der Waals surface area (Å²) in [5, 5.41) is -0.485. The van der Waals surface area contributed by atoms with E-state index >= 15 is 0 Å². The van der Waals surface area contributed by atoms with E-state index in [2.05, 4.69) is 0 Å². The Morgan fingerprint density at radius 3 is 2.44 bits per heavy atom. The van der Waals surface area contributed by atoms with Crippen molar-refractivity contribution in [3.05, 3.63) is 35.9 Å². The fourth-order valence-corrected chi connectivity index (χ4v) is 2.21. The number of carbonyl (C=O) groups is 2. The summed E-state index contributed by atoms with van der Waals surface area (Å²) in [5.41, 5.74) is 0.963. The molecule has 1 saturated heterocycles. The molecule has 3 nitrogen and oxygen atoms in total. The third-order valence-corrected chi connectivity index (χ3v) is 3.06. The first kappa shape index (κ1) is 14.7. The lowest BCUT2D eigenvalue weighted by Gasteiger charge is -2.33. The number of halogens is 1. The van der Waals surface area contributed by atoms with Crippen molar-refractivity contribution in [2.45, 2.75) is 32.7 Å². The van der Waals surface area contributed by atoms with Crippen LogP contribution in [0.1, 0.15) is 38.3 Å². The topological polar surface area (TPSA) is 37.4 Å². The maximum absolute atomic E-state index is 11.4. The third kappa shape index (κ3) is 3.57. The maximum atomic E-state index is 11.4. The molecular formula is C14H18ClNO2. The molecular weight excluding hydrogens is 250 g/mol. The van der Waals surface area contributed by atoms with Crippen LogP contribution in [0.3, 0.4) is 0 Å². The van der Waals surface area contributed by atoms with Gasteiger partial charge in [-0.1, -0.05) is 44.2 Å². The van der Waals surface area contributed by atoms with Gasteiger partial charge in [-0.15, -0.1) is 0 Å². The first-order valence-corrected chi connectivity index (χ1v) is 6.59. The number of benzene rings is 1. The summed E-state index contributed by atoms with van der Waals surface area (Å²) in [6.45, 7) is 4.42. The van der Waals surface area contributed by atoms with Gasteiger partial charge < -0.3 is 4.90 Å². The number of hydrogen-bond donors (Lipinski definition) is 0. The van der Waals surface area contributed by atoms with E-state index in [1.165, 1.54) is 0 Å². The van der Waals surface area contributed by atoms with Crippen LogP contribution in [0.25, 0.3) is 0 Å². The summed E-state index contributed by atoms with van der Waals surface area (Å²) >= 11 is 5.52. The molecule has 1 amide bonds. The predicted molar refractivity (Wildman–Crippen MR) is 72.7 cm³/mol. The van der Waals surface area contributed by atoms with Crippen LogP contribution in [0.4, 0.5) is 4.79 Å². The number of Topliss-reactive ketones (excluding diaryl/α,β-unsaturated/α-hetero) is 1. The quantitative estimate of drug-likeness (QED) is 0.574. The maximum Gasteiger partial charge on any atom is 0.316 e. The van der Waals surface area contributed by atoms with Crippen molar-refractivity contribution in [1.82, 2.24) is 4.90 Å². The van der Waals surface area contributed by atoms with Crippen molar-refractivity contribution in [2.24, 2.45) is 0 Å². The molecule has 1 heterocycles. The largest absolute Gasteiger partial charge is 0.321 e. The second-order valence-electron chi connectivity index (χ2n) is 3.87. The summed E-state index contributed by atoms with van der Waals surface area (Å²) in [6.07, 6.45) is 0.768. The first-order chi connectivity index (χ1) is 8.68. The zero-order valence-electron chi connectivity index (χ0n) is 10.7. The van der Waals surface area contributed by atoms with E-state index in [4.69, 9.17) is 11.6 Å². The summed E-state index contributed by atoms with van der Waals surface area (Å²) in [4.78, 5) is 24.3. The van der Waals surface area contributed by atoms with Gasteiger partial charge in [0.1, 0.15) is 5.78 Å². The number of nitrogens with zero attached hydrogens (tertiary/aromatic N) is 1. The molecule has 4 heteroatoms. The van der Waals surface area contributed by atoms with Crippen LogP contribution in [0.15, 0.2) is 30.3 Å². The van der Waals surface area contributed by atoms with E-state index in [0.29, 0.717) is 19.4 Å². The molecule has 1 atom stereocenters. The highest BCUT2D eigenvalue weighted by molar-refractivity contribution is 6.62. The van der Waals surface area contributed by atoms with Crippen molar-refractivity contribution in [2.75, 3.05) is 6.54 Å². The highest BCUT2D eigenvalue weighted by atomic mass is 35.5. The van der Waals surface area contributed by atoms with Crippen LogP contribution in [-0.2, 0) is 4.79 Å². The minimum absolute atomic E-state index is 0.183. The van der Waals surface area contributed by atoms with Crippen molar-refractivity contribution in [3.8, 4) is 0 Å². The Labute approximate surface area is 113 Å². The van der Waals surface area contributed by atoms with Crippen LogP contribution >= 0.6 is 11.6 Å². The summed E-state index contributed by atoms with van der Waals surface area (Å²) in [6, 6.07) is 9.32. The minimum atomic E-state index is -0.485. The Bertz CT molecular complexity index is 406. The molecule has 0 aromatic heterocycles. The molecule has 98 valence electrons. The second kappa shape index (κ2) is 7.17. The molecule has 0 bridgehead atoms. The SMILES string of the molecule is CC.O=C1CCN(C(=O)Cl)C(c2ccccc2)C1. The van der Waals surface area contributed by atoms with Crippen LogP contribution in [-0.4, -0.2) is 22.6 Å². The Kier molecular flexibility index (Phi) is 5.86. The van der Waals surface area contributed by atoms with Crippen LogP contribution in [0.5, 0.6) is 0 Å². The molecule has 0 saturated carbocycles. The molecule has 2 rings (SSSR count). The van der Waals surface area contributed by atoms with Gasteiger partial charge >= 0.3 is 5.37 Å². The van der Waals surface area contributed by atoms with Crippen molar-refractivity contribution >= 4 is 22.8 Å². The van der Waals surface area contributed by atoms with E-state index in [0.717, 1.165) is 5.56 Å². The summed E-state index contributed by atoms with van der Waals surface area (Å²) < 4.78 is 0. The smallest absolute Gasteiger partial charge is 0.316 e. The van der Waals surface area contributed by atoms with Gasteiger partial charge in [0.05, 0.1) is 6.04 Å². The number of amides is 1. The van der Waals surface area contributed by atoms with Gasteiger partial charge in [0, 0.05) is 19.4 Å². The lowest BCUT2D eigenvalue weighted by molar-refractivity contribution is -0.122. The number of likely N-dealkylation sites (tertiary alicyclic amines) is 1. The highest BCUT2D eigenvalue weighted by Gasteiger charge is 2.30. The predicted octanol–water partition coefficient (Wildman–Crippen LogP) is 3.78. The second-order valence-corrected chi connectivity index (χ2v) is 4.19. The normalized spacial score (nSPS) is 18.9. The Hall–Kier alpha value is -1.35. The van der Waals surface area contributed by atoms with Crippen LogP contribution < -0.4 is 0 Å². The zero-order valence-corrected chi connectivity index (χ0v) is 11.5. The average Bonchev–Trinajstić information content (AvgIpc) is 2.41. The van der Waals surface area contributed by atoms with Crippen molar-refractivity contribution < 1.29 is 9.59 Å². The van der Waals surface area contributed by atoms with E-state index in [1.807, 2.05) is 44.2 Å². The lowest BCUT2D eigenvalue weighted by Crippen LogP contribution is -2.38. The molecule has 0 radical (unpaired) electrons. The van der Waals surface area contributed by atoms with Crippen molar-refractivity contribution in [3.63, 3.8) is 0 Å². The summed E-state index contributed by atoms with van der Waals surface area (Å²) in [5.74, 6) is 0.183. The zero-order chi connectivity index (χ0) is 13.5. The molecule has 1 fully saturated rings. The molecule has 1 aliphatic heterocycles. The van der Waals surface area contributed by atoms with Crippen molar-refractivity contribution in [1.29, 1.82) is 0 Å². The van der Waals surface area contributed by atoms with Crippen LogP contribution in [0, 0.1) is 0 Å². The summed E-state index contributed by atoms with van der Waals surface area (Å²) in [7, 11) is 0. The number of ketones is 1. The molecule has 0 N–H and O–H groups in total. The average molecular weight is 268 g/mol. The number of hydrogen-bond acceptors (Lipinski definition) is 2. The Balaban J connectivity index is 0.000000771. The molecule has 18 heavy (non-hydrogen) atoms. The number of carbonyl (C=O) groups excluding carboxylic acids is 2. The minimum Gasteiger partial charge on any atom is -0.321 e. The lowest BCUT2D eigenvalue weighted by atomic mass is 9.95. The van der Waals surface area contributed by atoms with E-state index in [1.54, 1.807) is 4.90 Å². The number of piperidine rings is 1. The number of rotatable bonds is 1. The van der Waals surface area contributed by atoms with Gasteiger partial charge in [0.2, 0.25) is 0 Å². The monoisotopic (exact) mass is 267 g/mol. The first-order valence-electron chi connectivity index (χ1n) is 6.21. The standard InChI is InChI=1S/C12H12ClNO2.C2H6/c13-12(16)14-7-6-10(15)8-11(14)9-4-2-1-3-5-9;1-2/h1-5,11H,6-8H2;1-2H3. The third-order valence-electron chi connectivity index (χ3n) is 2.84. The Morgan fingerprint density at radius 2 is 1.89 bits per heavy atom. The van der Waals surface area contributed by atoms with Crippen LogP contribution in [0.2, 0.25) is 0 Å². The molecule has 1 aromatic rings. The van der Waals surface area contributed by atoms with Gasteiger partial charge in [-0.3, -0.25) is 9.59 Å². The molecule has 1 aromatic carbocycles. The van der Waals surface area contributed by atoms with Gasteiger partial charge in [0.25, 0.3) is 0 Å². The van der Waals surface area contributed by atoms with E-state index in [-0.39, 0.29) is 11.8 Å². The fraction of sp³-hybridized carbons (Fsp3) is 0.429. The van der Waals surface area contributed by atoms with Gasteiger partial charge in [-0.2, -0.15) is 0 Å².